The zero-order valence-electron chi connectivity index (χ0n) is 14.1. The SMILES string of the molecule is Cc1cccc(Oc2ccc(Cl)cc2NC(=O)c2c(C)noc2C)c1. The van der Waals surface area contributed by atoms with Gasteiger partial charge in [0.15, 0.2) is 5.75 Å². The Morgan fingerprint density at radius 1 is 1.16 bits per heavy atom. The lowest BCUT2D eigenvalue weighted by Gasteiger charge is -2.13. The number of nitrogens with one attached hydrogen (secondary N) is 1. The smallest absolute Gasteiger partial charge is 0.261 e. The molecule has 0 aliphatic carbocycles. The fourth-order valence-electron chi connectivity index (χ4n) is 2.49. The van der Waals surface area contributed by atoms with Crippen LogP contribution in [-0.4, -0.2) is 11.1 Å². The molecule has 0 saturated heterocycles. The molecule has 25 heavy (non-hydrogen) atoms. The number of amides is 1. The first-order valence-corrected chi connectivity index (χ1v) is 8.10. The van der Waals surface area contributed by atoms with E-state index < -0.39 is 0 Å². The minimum Gasteiger partial charge on any atom is -0.455 e. The summed E-state index contributed by atoms with van der Waals surface area (Å²) in [5, 5.41) is 7.12. The fourth-order valence-corrected chi connectivity index (χ4v) is 2.66. The number of anilines is 1. The van der Waals surface area contributed by atoms with Crippen LogP contribution >= 0.6 is 11.6 Å². The van der Waals surface area contributed by atoms with Crippen LogP contribution in [0.15, 0.2) is 47.0 Å². The number of hydrogen-bond donors (Lipinski definition) is 1. The van der Waals surface area contributed by atoms with Crippen molar-refractivity contribution in [3.05, 3.63) is 70.1 Å². The van der Waals surface area contributed by atoms with Crippen LogP contribution in [0.2, 0.25) is 5.02 Å². The molecule has 0 fully saturated rings. The predicted octanol–water partition coefficient (Wildman–Crippen LogP) is 5.30. The molecule has 1 heterocycles. The maximum Gasteiger partial charge on any atom is 0.261 e. The van der Waals surface area contributed by atoms with E-state index in [4.69, 9.17) is 20.9 Å². The number of carbonyl (C=O) groups excluding carboxylic acids is 1. The highest BCUT2D eigenvalue weighted by Gasteiger charge is 2.19. The van der Waals surface area contributed by atoms with Gasteiger partial charge in [-0.05, 0) is 56.7 Å². The van der Waals surface area contributed by atoms with E-state index in [2.05, 4.69) is 10.5 Å². The average Bonchev–Trinajstić information content (AvgIpc) is 2.89. The molecule has 1 aromatic heterocycles. The third kappa shape index (κ3) is 3.83. The molecule has 6 heteroatoms. The van der Waals surface area contributed by atoms with E-state index in [1.165, 1.54) is 0 Å². The molecule has 0 radical (unpaired) electrons. The summed E-state index contributed by atoms with van der Waals surface area (Å²) < 4.78 is 11.0. The lowest BCUT2D eigenvalue weighted by molar-refractivity contribution is 0.102. The highest BCUT2D eigenvalue weighted by molar-refractivity contribution is 6.31. The highest BCUT2D eigenvalue weighted by Crippen LogP contribution is 2.33. The molecule has 0 aliphatic rings. The van der Waals surface area contributed by atoms with Gasteiger partial charge in [0.1, 0.15) is 17.1 Å². The van der Waals surface area contributed by atoms with Gasteiger partial charge in [-0.25, -0.2) is 0 Å². The van der Waals surface area contributed by atoms with Crippen molar-refractivity contribution < 1.29 is 14.1 Å². The average molecular weight is 357 g/mol. The first-order valence-electron chi connectivity index (χ1n) is 7.72. The molecule has 5 nitrogen and oxygen atoms in total. The van der Waals surface area contributed by atoms with Crippen LogP contribution in [0, 0.1) is 20.8 Å². The van der Waals surface area contributed by atoms with Gasteiger partial charge in [0, 0.05) is 5.02 Å². The van der Waals surface area contributed by atoms with Gasteiger partial charge in [-0.1, -0.05) is 28.9 Å². The first-order chi connectivity index (χ1) is 11.9. The number of rotatable bonds is 4. The van der Waals surface area contributed by atoms with Crippen LogP contribution in [0.4, 0.5) is 5.69 Å². The highest BCUT2D eigenvalue weighted by atomic mass is 35.5. The molecule has 1 N–H and O–H groups in total. The van der Waals surface area contributed by atoms with E-state index in [9.17, 15) is 4.79 Å². The molecule has 3 rings (SSSR count). The van der Waals surface area contributed by atoms with E-state index in [1.807, 2.05) is 31.2 Å². The van der Waals surface area contributed by atoms with Gasteiger partial charge in [0.2, 0.25) is 0 Å². The van der Waals surface area contributed by atoms with Crippen LogP contribution < -0.4 is 10.1 Å². The van der Waals surface area contributed by atoms with Crippen molar-refractivity contribution in [1.29, 1.82) is 0 Å². The van der Waals surface area contributed by atoms with Crippen molar-refractivity contribution in [2.24, 2.45) is 0 Å². The quantitative estimate of drug-likeness (QED) is 0.689. The maximum atomic E-state index is 12.6. The zero-order valence-corrected chi connectivity index (χ0v) is 14.8. The summed E-state index contributed by atoms with van der Waals surface area (Å²) >= 11 is 6.08. The molecule has 2 aromatic carbocycles. The lowest BCUT2D eigenvalue weighted by atomic mass is 10.2. The summed E-state index contributed by atoms with van der Waals surface area (Å²) in [4.78, 5) is 12.6. The number of nitrogens with zero attached hydrogens (tertiary/aromatic N) is 1. The summed E-state index contributed by atoms with van der Waals surface area (Å²) in [6.45, 7) is 5.39. The monoisotopic (exact) mass is 356 g/mol. The minimum atomic E-state index is -0.326. The predicted molar refractivity (Wildman–Crippen MR) is 96.6 cm³/mol. The second kappa shape index (κ2) is 6.99. The number of carbonyl (C=O) groups is 1. The van der Waals surface area contributed by atoms with Gasteiger partial charge in [-0.15, -0.1) is 0 Å². The Hall–Kier alpha value is -2.79. The van der Waals surface area contributed by atoms with Crippen molar-refractivity contribution in [3.8, 4) is 11.5 Å². The molecule has 128 valence electrons. The zero-order chi connectivity index (χ0) is 18.0. The molecule has 1 amide bonds. The molecule has 0 atom stereocenters. The number of halogens is 1. The standard InChI is InChI=1S/C19H17ClN2O3/c1-11-5-4-6-15(9-11)24-17-8-7-14(20)10-16(17)21-19(23)18-12(2)22-25-13(18)3/h4-10H,1-3H3,(H,21,23). The van der Waals surface area contributed by atoms with Crippen LogP contribution in [0.1, 0.15) is 27.4 Å². The molecule has 3 aromatic rings. The molecular weight excluding hydrogens is 340 g/mol. The van der Waals surface area contributed by atoms with Crippen molar-refractivity contribution >= 4 is 23.2 Å². The van der Waals surface area contributed by atoms with Gasteiger partial charge < -0.3 is 14.6 Å². The normalized spacial score (nSPS) is 10.6. The second-order valence-electron chi connectivity index (χ2n) is 5.71. The van der Waals surface area contributed by atoms with E-state index in [0.717, 1.165) is 5.56 Å². The van der Waals surface area contributed by atoms with Crippen molar-refractivity contribution in [1.82, 2.24) is 5.16 Å². The first kappa shape index (κ1) is 17.0. The summed E-state index contributed by atoms with van der Waals surface area (Å²) in [5.41, 5.74) is 2.48. The summed E-state index contributed by atoms with van der Waals surface area (Å²) in [5.74, 6) is 1.30. The maximum absolute atomic E-state index is 12.6. The van der Waals surface area contributed by atoms with Gasteiger partial charge in [0.05, 0.1) is 11.4 Å². The lowest BCUT2D eigenvalue weighted by Crippen LogP contribution is -2.14. The topological polar surface area (TPSA) is 64.4 Å². The summed E-state index contributed by atoms with van der Waals surface area (Å²) in [6.07, 6.45) is 0. The second-order valence-corrected chi connectivity index (χ2v) is 6.15. The number of benzene rings is 2. The van der Waals surface area contributed by atoms with Crippen LogP contribution in [-0.2, 0) is 0 Å². The third-order valence-corrected chi connectivity index (χ3v) is 3.90. The number of ether oxygens (including phenoxy) is 1. The molecule has 0 unspecified atom stereocenters. The largest absolute Gasteiger partial charge is 0.455 e. The Morgan fingerprint density at radius 2 is 1.96 bits per heavy atom. The molecule has 0 spiro atoms. The van der Waals surface area contributed by atoms with Crippen LogP contribution in [0.3, 0.4) is 0 Å². The fraction of sp³-hybridized carbons (Fsp3) is 0.158. The Balaban J connectivity index is 1.90. The summed E-state index contributed by atoms with van der Waals surface area (Å²) in [7, 11) is 0. The number of aryl methyl sites for hydroxylation is 3. The molecular formula is C19H17ClN2O3. The van der Waals surface area contributed by atoms with Gasteiger partial charge in [-0.2, -0.15) is 0 Å². The molecule has 0 bridgehead atoms. The van der Waals surface area contributed by atoms with E-state index in [1.54, 1.807) is 32.0 Å². The number of hydrogen-bond acceptors (Lipinski definition) is 4. The van der Waals surface area contributed by atoms with Crippen molar-refractivity contribution in [2.75, 3.05) is 5.32 Å². The Labute approximate surface area is 150 Å². The van der Waals surface area contributed by atoms with E-state index >= 15 is 0 Å². The van der Waals surface area contributed by atoms with Crippen LogP contribution in [0.25, 0.3) is 0 Å². The van der Waals surface area contributed by atoms with Gasteiger partial charge in [-0.3, -0.25) is 4.79 Å². The Morgan fingerprint density at radius 3 is 2.64 bits per heavy atom. The molecule has 0 saturated carbocycles. The third-order valence-electron chi connectivity index (χ3n) is 3.67. The number of aromatic nitrogens is 1. The van der Waals surface area contributed by atoms with Crippen molar-refractivity contribution in [2.45, 2.75) is 20.8 Å². The van der Waals surface area contributed by atoms with Gasteiger partial charge >= 0.3 is 0 Å². The van der Waals surface area contributed by atoms with E-state index in [0.29, 0.717) is 39.2 Å². The Bertz CT molecular complexity index is 915. The van der Waals surface area contributed by atoms with Gasteiger partial charge in [0.25, 0.3) is 5.91 Å². The summed E-state index contributed by atoms with van der Waals surface area (Å²) in [6, 6.07) is 12.7. The molecule has 0 aliphatic heterocycles. The van der Waals surface area contributed by atoms with Crippen molar-refractivity contribution in [3.63, 3.8) is 0 Å². The van der Waals surface area contributed by atoms with Crippen LogP contribution in [0.5, 0.6) is 11.5 Å². The Kier molecular flexibility index (Phi) is 4.76. The minimum absolute atomic E-state index is 0.326. The van der Waals surface area contributed by atoms with E-state index in [-0.39, 0.29) is 5.91 Å².